The normalized spacial score (nSPS) is 28.7. The lowest BCUT2D eigenvalue weighted by Gasteiger charge is -2.27. The first-order chi connectivity index (χ1) is 6.36. The summed E-state index contributed by atoms with van der Waals surface area (Å²) < 4.78 is 0. The highest BCUT2D eigenvalue weighted by atomic mass is 16.1. The average Bonchev–Trinajstić information content (AvgIpc) is 2.17. The third kappa shape index (κ3) is 3.93. The Bertz CT molecular complexity index is 134. The molecule has 0 aromatic carbocycles. The number of rotatable bonds is 5. The predicted molar refractivity (Wildman–Crippen MR) is 55.7 cm³/mol. The lowest BCUT2D eigenvalue weighted by Crippen LogP contribution is -2.14. The minimum absolute atomic E-state index is 0.718. The van der Waals surface area contributed by atoms with E-state index in [4.69, 9.17) is 0 Å². The maximum atomic E-state index is 10.3. The first kappa shape index (κ1) is 10.7. The van der Waals surface area contributed by atoms with Crippen molar-refractivity contribution in [3.63, 3.8) is 0 Å². The van der Waals surface area contributed by atoms with E-state index < -0.39 is 0 Å². The second-order valence-corrected chi connectivity index (χ2v) is 4.43. The second kappa shape index (κ2) is 6.17. The van der Waals surface area contributed by atoms with Crippen LogP contribution in [-0.4, -0.2) is 6.29 Å². The third-order valence-corrected chi connectivity index (χ3v) is 3.36. The molecule has 1 aliphatic carbocycles. The summed E-state index contributed by atoms with van der Waals surface area (Å²) in [5.74, 6) is 1.69. The molecule has 76 valence electrons. The van der Waals surface area contributed by atoms with E-state index in [1.807, 2.05) is 0 Å². The molecule has 0 saturated heterocycles. The highest BCUT2D eigenvalue weighted by Crippen LogP contribution is 2.32. The Morgan fingerprint density at radius 2 is 1.77 bits per heavy atom. The number of carbonyl (C=O) groups excluding carboxylic acids is 1. The van der Waals surface area contributed by atoms with Crippen molar-refractivity contribution in [2.24, 2.45) is 11.8 Å². The molecule has 0 bridgehead atoms. The van der Waals surface area contributed by atoms with E-state index in [1.54, 1.807) is 0 Å². The molecule has 13 heavy (non-hydrogen) atoms. The van der Waals surface area contributed by atoms with Crippen LogP contribution >= 0.6 is 0 Å². The van der Waals surface area contributed by atoms with Crippen LogP contribution in [0.5, 0.6) is 0 Å². The molecule has 1 fully saturated rings. The minimum atomic E-state index is 0.718. The van der Waals surface area contributed by atoms with Crippen molar-refractivity contribution in [1.29, 1.82) is 0 Å². The highest BCUT2D eigenvalue weighted by Gasteiger charge is 2.19. The van der Waals surface area contributed by atoms with Crippen LogP contribution in [-0.2, 0) is 4.79 Å². The van der Waals surface area contributed by atoms with Crippen LogP contribution in [0.1, 0.15) is 58.3 Å². The fourth-order valence-corrected chi connectivity index (χ4v) is 2.38. The SMILES string of the molecule is CCCCC1CCC(CC=O)CC1. The third-order valence-electron chi connectivity index (χ3n) is 3.36. The molecule has 1 rings (SSSR count). The summed E-state index contributed by atoms with van der Waals surface area (Å²) in [6.45, 7) is 2.26. The highest BCUT2D eigenvalue weighted by molar-refractivity contribution is 5.49. The molecular weight excluding hydrogens is 160 g/mol. The van der Waals surface area contributed by atoms with Crippen molar-refractivity contribution >= 4 is 6.29 Å². The maximum absolute atomic E-state index is 10.3. The Morgan fingerprint density at radius 1 is 1.15 bits per heavy atom. The summed E-state index contributed by atoms with van der Waals surface area (Å²) in [7, 11) is 0. The van der Waals surface area contributed by atoms with E-state index >= 15 is 0 Å². The summed E-state index contributed by atoms with van der Waals surface area (Å²) >= 11 is 0. The Morgan fingerprint density at radius 3 is 2.31 bits per heavy atom. The summed E-state index contributed by atoms with van der Waals surface area (Å²) in [6, 6.07) is 0. The molecule has 0 atom stereocenters. The molecule has 0 heterocycles. The van der Waals surface area contributed by atoms with Gasteiger partial charge in [0.2, 0.25) is 0 Å². The number of carbonyl (C=O) groups is 1. The van der Waals surface area contributed by atoms with E-state index in [1.165, 1.54) is 44.9 Å². The first-order valence-electron chi connectivity index (χ1n) is 5.80. The molecule has 1 saturated carbocycles. The Balaban J connectivity index is 2.11. The summed E-state index contributed by atoms with van der Waals surface area (Å²) in [5.41, 5.74) is 0. The minimum Gasteiger partial charge on any atom is -0.303 e. The molecule has 1 heteroatoms. The van der Waals surface area contributed by atoms with Crippen LogP contribution in [0, 0.1) is 11.8 Å². The van der Waals surface area contributed by atoms with Crippen LogP contribution in [0.3, 0.4) is 0 Å². The molecule has 0 amide bonds. The van der Waals surface area contributed by atoms with E-state index in [2.05, 4.69) is 6.92 Å². The van der Waals surface area contributed by atoms with Gasteiger partial charge >= 0.3 is 0 Å². The Kier molecular flexibility index (Phi) is 5.10. The number of unbranched alkanes of at least 4 members (excludes halogenated alkanes) is 1. The average molecular weight is 182 g/mol. The zero-order valence-electron chi connectivity index (χ0n) is 8.80. The molecule has 0 aromatic rings. The van der Waals surface area contributed by atoms with Gasteiger partial charge in [-0.25, -0.2) is 0 Å². The van der Waals surface area contributed by atoms with Crippen molar-refractivity contribution in [2.75, 3.05) is 0 Å². The largest absolute Gasteiger partial charge is 0.303 e. The van der Waals surface area contributed by atoms with Gasteiger partial charge in [-0.2, -0.15) is 0 Å². The summed E-state index contributed by atoms with van der Waals surface area (Å²) in [6.07, 6.45) is 11.4. The first-order valence-corrected chi connectivity index (χ1v) is 5.80. The molecule has 1 nitrogen and oxygen atoms in total. The quantitative estimate of drug-likeness (QED) is 0.594. The second-order valence-electron chi connectivity index (χ2n) is 4.43. The fourth-order valence-electron chi connectivity index (χ4n) is 2.38. The van der Waals surface area contributed by atoms with Crippen molar-refractivity contribution in [3.8, 4) is 0 Å². The smallest absolute Gasteiger partial charge is 0.120 e. The topological polar surface area (TPSA) is 17.1 Å². The lowest BCUT2D eigenvalue weighted by molar-refractivity contribution is -0.108. The van der Waals surface area contributed by atoms with Gasteiger partial charge in [0.1, 0.15) is 6.29 Å². The molecule has 0 unspecified atom stereocenters. The van der Waals surface area contributed by atoms with Crippen LogP contribution in [0.15, 0.2) is 0 Å². The summed E-state index contributed by atoms with van der Waals surface area (Å²) in [5, 5.41) is 0. The summed E-state index contributed by atoms with van der Waals surface area (Å²) in [4.78, 5) is 10.3. The number of hydrogen-bond acceptors (Lipinski definition) is 1. The van der Waals surface area contributed by atoms with Gasteiger partial charge in [0, 0.05) is 6.42 Å². The van der Waals surface area contributed by atoms with Crippen molar-refractivity contribution in [3.05, 3.63) is 0 Å². The zero-order valence-corrected chi connectivity index (χ0v) is 8.80. The molecule has 0 radical (unpaired) electrons. The standard InChI is InChI=1S/C12H22O/c1-2-3-4-11-5-7-12(8-6-11)9-10-13/h10-12H,2-9H2,1H3. The predicted octanol–water partition coefficient (Wildman–Crippen LogP) is 3.57. The van der Waals surface area contributed by atoms with Crippen molar-refractivity contribution < 1.29 is 4.79 Å². The Hall–Kier alpha value is -0.330. The number of aldehydes is 1. The van der Waals surface area contributed by atoms with Gasteiger partial charge in [0.05, 0.1) is 0 Å². The number of hydrogen-bond donors (Lipinski definition) is 0. The van der Waals surface area contributed by atoms with E-state index in [9.17, 15) is 4.79 Å². The van der Waals surface area contributed by atoms with Gasteiger partial charge in [-0.05, 0) is 24.7 Å². The molecule has 0 aliphatic heterocycles. The van der Waals surface area contributed by atoms with Gasteiger partial charge in [0.25, 0.3) is 0 Å². The maximum Gasteiger partial charge on any atom is 0.120 e. The molecular formula is C12H22O. The van der Waals surface area contributed by atoms with Gasteiger partial charge in [-0.15, -0.1) is 0 Å². The van der Waals surface area contributed by atoms with Crippen LogP contribution in [0.25, 0.3) is 0 Å². The van der Waals surface area contributed by atoms with E-state index in [0.29, 0.717) is 0 Å². The molecule has 1 aliphatic rings. The molecule has 0 aromatic heterocycles. The zero-order chi connectivity index (χ0) is 9.52. The van der Waals surface area contributed by atoms with E-state index in [-0.39, 0.29) is 0 Å². The monoisotopic (exact) mass is 182 g/mol. The van der Waals surface area contributed by atoms with Crippen molar-refractivity contribution in [1.82, 2.24) is 0 Å². The van der Waals surface area contributed by atoms with Crippen LogP contribution < -0.4 is 0 Å². The Labute approximate surface area is 81.9 Å². The van der Waals surface area contributed by atoms with Gasteiger partial charge < -0.3 is 4.79 Å². The van der Waals surface area contributed by atoms with Gasteiger partial charge in [-0.3, -0.25) is 0 Å². The molecule has 0 N–H and O–H groups in total. The molecule has 0 spiro atoms. The van der Waals surface area contributed by atoms with Crippen LogP contribution in [0.4, 0.5) is 0 Å². The lowest BCUT2D eigenvalue weighted by atomic mass is 9.79. The van der Waals surface area contributed by atoms with E-state index in [0.717, 1.165) is 24.5 Å². The van der Waals surface area contributed by atoms with Gasteiger partial charge in [-0.1, -0.05) is 39.0 Å². The van der Waals surface area contributed by atoms with Crippen LogP contribution in [0.2, 0.25) is 0 Å². The van der Waals surface area contributed by atoms with Gasteiger partial charge in [0.15, 0.2) is 0 Å². The van der Waals surface area contributed by atoms with Crippen molar-refractivity contribution in [2.45, 2.75) is 58.3 Å². The fraction of sp³-hybridized carbons (Fsp3) is 0.917.